The molecule has 0 aliphatic heterocycles. The van der Waals surface area contributed by atoms with Crippen molar-refractivity contribution in [3.8, 4) is 0 Å². The van der Waals surface area contributed by atoms with Crippen molar-refractivity contribution in [2.75, 3.05) is 11.9 Å². The Balaban J connectivity index is 2.25. The first-order valence-corrected chi connectivity index (χ1v) is 5.56. The summed E-state index contributed by atoms with van der Waals surface area (Å²) >= 11 is 0. The van der Waals surface area contributed by atoms with E-state index in [1.807, 2.05) is 0 Å². The molecule has 1 unspecified atom stereocenters. The quantitative estimate of drug-likeness (QED) is 0.690. The fraction of sp³-hybridized carbons (Fsp3) is 0.417. The normalized spacial score (nSPS) is 11.9. The minimum absolute atomic E-state index is 0.358. The molecule has 0 spiro atoms. The van der Waals surface area contributed by atoms with Crippen molar-refractivity contribution >= 4 is 11.7 Å². The Labute approximate surface area is 99.8 Å². The highest BCUT2D eigenvalue weighted by Crippen LogP contribution is 2.08. The molecule has 1 atom stereocenters. The Morgan fingerprint density at radius 1 is 1.53 bits per heavy atom. The van der Waals surface area contributed by atoms with Crippen LogP contribution < -0.4 is 10.6 Å². The Morgan fingerprint density at radius 3 is 2.94 bits per heavy atom. The van der Waals surface area contributed by atoms with E-state index in [1.54, 1.807) is 13.0 Å². The number of benzene rings is 1. The SMILES string of the molecule is CC(O)CCCNC(=O)Nc1cccc(F)c1. The van der Waals surface area contributed by atoms with E-state index in [-0.39, 0.29) is 12.1 Å². The lowest BCUT2D eigenvalue weighted by atomic mass is 10.2. The van der Waals surface area contributed by atoms with Crippen LogP contribution >= 0.6 is 0 Å². The van der Waals surface area contributed by atoms with E-state index in [0.29, 0.717) is 25.1 Å². The number of rotatable bonds is 5. The summed E-state index contributed by atoms with van der Waals surface area (Å²) in [6.07, 6.45) is 0.983. The third-order valence-electron chi connectivity index (χ3n) is 2.17. The minimum atomic E-state index is -0.392. The van der Waals surface area contributed by atoms with Crippen LogP contribution in [0.1, 0.15) is 19.8 Å². The predicted molar refractivity (Wildman–Crippen MR) is 64.3 cm³/mol. The van der Waals surface area contributed by atoms with E-state index < -0.39 is 5.82 Å². The summed E-state index contributed by atoms with van der Waals surface area (Å²) < 4.78 is 12.8. The topological polar surface area (TPSA) is 61.4 Å². The molecule has 1 aromatic carbocycles. The number of urea groups is 1. The molecule has 1 aromatic rings. The molecule has 4 nitrogen and oxygen atoms in total. The zero-order valence-corrected chi connectivity index (χ0v) is 9.74. The molecule has 2 amide bonds. The van der Waals surface area contributed by atoms with Crippen LogP contribution in [0.15, 0.2) is 24.3 Å². The second kappa shape index (κ2) is 6.85. The molecular formula is C12H17FN2O2. The number of anilines is 1. The van der Waals surface area contributed by atoms with Gasteiger partial charge in [0.2, 0.25) is 0 Å². The van der Waals surface area contributed by atoms with Gasteiger partial charge in [-0.2, -0.15) is 0 Å². The molecule has 0 aliphatic rings. The summed E-state index contributed by atoms with van der Waals surface area (Å²) in [5.41, 5.74) is 0.415. The standard InChI is InChI=1S/C12H17FN2O2/c1-9(16)4-3-7-14-12(17)15-11-6-2-5-10(13)8-11/h2,5-6,8-9,16H,3-4,7H2,1H3,(H2,14,15,17). The number of amides is 2. The molecule has 0 radical (unpaired) electrons. The second-order valence-electron chi connectivity index (χ2n) is 3.88. The van der Waals surface area contributed by atoms with Crippen LogP contribution in [0, 0.1) is 5.82 Å². The average Bonchev–Trinajstić information content (AvgIpc) is 2.24. The van der Waals surface area contributed by atoms with E-state index in [4.69, 9.17) is 5.11 Å². The van der Waals surface area contributed by atoms with Crippen LogP contribution in [-0.4, -0.2) is 23.8 Å². The van der Waals surface area contributed by atoms with Gasteiger partial charge in [0, 0.05) is 12.2 Å². The third-order valence-corrected chi connectivity index (χ3v) is 2.17. The van der Waals surface area contributed by atoms with Crippen LogP contribution in [-0.2, 0) is 0 Å². The molecule has 0 heterocycles. The Bertz CT molecular complexity index is 369. The molecule has 0 bridgehead atoms. The van der Waals surface area contributed by atoms with Gasteiger partial charge in [-0.25, -0.2) is 9.18 Å². The largest absolute Gasteiger partial charge is 0.393 e. The predicted octanol–water partition coefficient (Wildman–Crippen LogP) is 2.11. The van der Waals surface area contributed by atoms with Crippen LogP contribution in [0.2, 0.25) is 0 Å². The zero-order valence-electron chi connectivity index (χ0n) is 9.74. The Hall–Kier alpha value is -1.62. The summed E-state index contributed by atoms with van der Waals surface area (Å²) in [5.74, 6) is -0.392. The summed E-state index contributed by atoms with van der Waals surface area (Å²) in [7, 11) is 0. The van der Waals surface area contributed by atoms with Gasteiger partial charge in [0.15, 0.2) is 0 Å². The molecule has 94 valence electrons. The third kappa shape index (κ3) is 5.87. The lowest BCUT2D eigenvalue weighted by Crippen LogP contribution is -2.29. The van der Waals surface area contributed by atoms with Crippen LogP contribution in [0.25, 0.3) is 0 Å². The molecule has 0 saturated carbocycles. The monoisotopic (exact) mass is 240 g/mol. The molecule has 0 aromatic heterocycles. The molecule has 0 fully saturated rings. The molecule has 17 heavy (non-hydrogen) atoms. The van der Waals surface area contributed by atoms with Crippen molar-refractivity contribution in [2.45, 2.75) is 25.9 Å². The number of aliphatic hydroxyl groups is 1. The van der Waals surface area contributed by atoms with Crippen molar-refractivity contribution in [1.29, 1.82) is 0 Å². The second-order valence-corrected chi connectivity index (χ2v) is 3.88. The molecule has 3 N–H and O–H groups in total. The fourth-order valence-corrected chi connectivity index (χ4v) is 1.34. The molecule has 0 saturated heterocycles. The lowest BCUT2D eigenvalue weighted by molar-refractivity contribution is 0.181. The average molecular weight is 240 g/mol. The maximum Gasteiger partial charge on any atom is 0.319 e. The number of hydrogen-bond donors (Lipinski definition) is 3. The summed E-state index contributed by atoms with van der Waals surface area (Å²) in [5, 5.41) is 14.2. The first-order valence-electron chi connectivity index (χ1n) is 5.56. The number of nitrogens with one attached hydrogen (secondary N) is 2. The maximum absolute atomic E-state index is 12.8. The number of hydrogen-bond acceptors (Lipinski definition) is 2. The van der Waals surface area contributed by atoms with Crippen molar-refractivity contribution < 1.29 is 14.3 Å². The van der Waals surface area contributed by atoms with Gasteiger partial charge in [-0.1, -0.05) is 6.07 Å². The number of carbonyl (C=O) groups excluding carboxylic acids is 1. The maximum atomic E-state index is 12.8. The van der Waals surface area contributed by atoms with Crippen LogP contribution in [0.3, 0.4) is 0 Å². The number of carbonyl (C=O) groups is 1. The van der Waals surface area contributed by atoms with Crippen molar-refractivity contribution in [2.24, 2.45) is 0 Å². The van der Waals surface area contributed by atoms with Gasteiger partial charge >= 0.3 is 6.03 Å². The zero-order chi connectivity index (χ0) is 12.7. The highest BCUT2D eigenvalue weighted by molar-refractivity contribution is 5.89. The number of aliphatic hydroxyl groups excluding tert-OH is 1. The van der Waals surface area contributed by atoms with Crippen molar-refractivity contribution in [3.63, 3.8) is 0 Å². The van der Waals surface area contributed by atoms with E-state index in [1.165, 1.54) is 18.2 Å². The van der Waals surface area contributed by atoms with Crippen molar-refractivity contribution in [3.05, 3.63) is 30.1 Å². The molecule has 0 aliphatic carbocycles. The first-order chi connectivity index (χ1) is 8.08. The first kappa shape index (κ1) is 13.4. The van der Waals surface area contributed by atoms with E-state index in [9.17, 15) is 9.18 Å². The summed E-state index contributed by atoms with van der Waals surface area (Å²) in [6.45, 7) is 2.18. The Kier molecular flexibility index (Phi) is 5.42. The van der Waals surface area contributed by atoms with E-state index >= 15 is 0 Å². The molecular weight excluding hydrogens is 223 g/mol. The molecule has 5 heteroatoms. The fourth-order valence-electron chi connectivity index (χ4n) is 1.34. The van der Waals surface area contributed by atoms with Crippen LogP contribution in [0.4, 0.5) is 14.9 Å². The van der Waals surface area contributed by atoms with Gasteiger partial charge < -0.3 is 15.7 Å². The highest BCUT2D eigenvalue weighted by Gasteiger charge is 2.02. The van der Waals surface area contributed by atoms with Gasteiger partial charge in [0.05, 0.1) is 6.10 Å². The highest BCUT2D eigenvalue weighted by atomic mass is 19.1. The van der Waals surface area contributed by atoms with Gasteiger partial charge in [0.1, 0.15) is 5.82 Å². The summed E-state index contributed by atoms with van der Waals surface area (Å²) in [4.78, 5) is 11.4. The van der Waals surface area contributed by atoms with E-state index in [0.717, 1.165) is 0 Å². The minimum Gasteiger partial charge on any atom is -0.393 e. The van der Waals surface area contributed by atoms with Gasteiger partial charge in [-0.3, -0.25) is 0 Å². The lowest BCUT2D eigenvalue weighted by Gasteiger charge is -2.08. The van der Waals surface area contributed by atoms with Crippen molar-refractivity contribution in [1.82, 2.24) is 5.32 Å². The Morgan fingerprint density at radius 2 is 2.29 bits per heavy atom. The molecule has 1 rings (SSSR count). The van der Waals surface area contributed by atoms with E-state index in [2.05, 4.69) is 10.6 Å². The van der Waals surface area contributed by atoms with Gasteiger partial charge in [0.25, 0.3) is 0 Å². The number of halogens is 1. The van der Waals surface area contributed by atoms with Crippen LogP contribution in [0.5, 0.6) is 0 Å². The van der Waals surface area contributed by atoms with Gasteiger partial charge in [-0.15, -0.1) is 0 Å². The summed E-state index contributed by atoms with van der Waals surface area (Å²) in [6, 6.07) is 5.32. The smallest absolute Gasteiger partial charge is 0.319 e. The van der Waals surface area contributed by atoms with Gasteiger partial charge in [-0.05, 0) is 38.0 Å².